The van der Waals surface area contributed by atoms with E-state index in [1.165, 1.54) is 5.56 Å². The van der Waals surface area contributed by atoms with E-state index in [0.717, 1.165) is 48.3 Å². The molecule has 3 amide bonds. The number of imide groups is 1. The number of hydrogen-bond acceptors (Lipinski definition) is 6. The Morgan fingerprint density at radius 2 is 1.97 bits per heavy atom. The first-order valence-corrected chi connectivity index (χ1v) is 12.0. The molecule has 3 aliphatic heterocycles. The van der Waals surface area contributed by atoms with Crippen LogP contribution in [0.2, 0.25) is 0 Å². The Bertz CT molecular complexity index is 1340. The van der Waals surface area contributed by atoms with Crippen LogP contribution in [0, 0.1) is 0 Å². The van der Waals surface area contributed by atoms with Crippen LogP contribution in [0.3, 0.4) is 0 Å². The molecule has 2 saturated heterocycles. The lowest BCUT2D eigenvalue weighted by atomic mass is 10.0. The first kappa shape index (κ1) is 21.7. The van der Waals surface area contributed by atoms with Crippen LogP contribution in [0.25, 0.3) is 10.9 Å². The number of amides is 3. The van der Waals surface area contributed by atoms with Gasteiger partial charge >= 0.3 is 0 Å². The number of nitrogens with one attached hydrogen (secondary N) is 1. The fraction of sp³-hybridized carbons (Fsp3) is 0.333. The third-order valence-corrected chi connectivity index (χ3v) is 7.10. The molecule has 8 nitrogen and oxygen atoms in total. The minimum Gasteiger partial charge on any atom is -0.489 e. The molecule has 0 spiro atoms. The average Bonchev–Trinajstić information content (AvgIpc) is 3.42. The number of piperidine rings is 1. The second-order valence-corrected chi connectivity index (χ2v) is 9.51. The summed E-state index contributed by atoms with van der Waals surface area (Å²) in [5.41, 5.74) is 3.70. The minimum absolute atomic E-state index is 0.0787. The molecule has 1 unspecified atom stereocenters. The summed E-state index contributed by atoms with van der Waals surface area (Å²) in [6.45, 7) is 2.99. The highest BCUT2D eigenvalue weighted by Crippen LogP contribution is 2.31. The normalized spacial score (nSPS) is 22.5. The molecule has 0 radical (unpaired) electrons. The summed E-state index contributed by atoms with van der Waals surface area (Å²) in [6.07, 6.45) is 3.44. The highest BCUT2D eigenvalue weighted by atomic mass is 16.5. The molecule has 1 N–H and O–H groups in total. The Kier molecular flexibility index (Phi) is 5.45. The lowest BCUT2D eigenvalue weighted by molar-refractivity contribution is -0.136. The van der Waals surface area contributed by atoms with Crippen molar-refractivity contribution in [3.63, 3.8) is 0 Å². The molecule has 2 fully saturated rings. The van der Waals surface area contributed by atoms with Crippen LogP contribution in [0.1, 0.15) is 40.7 Å². The number of carbonyl (C=O) groups excluding carboxylic acids is 3. The van der Waals surface area contributed by atoms with E-state index >= 15 is 0 Å². The fourth-order valence-electron chi connectivity index (χ4n) is 5.32. The largest absolute Gasteiger partial charge is 0.489 e. The zero-order valence-corrected chi connectivity index (χ0v) is 19.3. The maximum atomic E-state index is 12.9. The number of hydrogen-bond donors (Lipinski definition) is 1. The molecule has 178 valence electrons. The van der Waals surface area contributed by atoms with Gasteiger partial charge in [-0.05, 0) is 54.3 Å². The van der Waals surface area contributed by atoms with Gasteiger partial charge in [0, 0.05) is 49.7 Å². The van der Waals surface area contributed by atoms with Gasteiger partial charge in [0.25, 0.3) is 5.91 Å². The van der Waals surface area contributed by atoms with Crippen molar-refractivity contribution in [2.75, 3.05) is 13.1 Å². The number of carbonyl (C=O) groups is 3. The number of aromatic nitrogens is 1. The van der Waals surface area contributed by atoms with Crippen molar-refractivity contribution in [1.29, 1.82) is 0 Å². The molecule has 2 aromatic carbocycles. The minimum atomic E-state index is -0.606. The number of benzene rings is 2. The highest BCUT2D eigenvalue weighted by molar-refractivity contribution is 6.05. The van der Waals surface area contributed by atoms with Gasteiger partial charge in [0.2, 0.25) is 11.8 Å². The van der Waals surface area contributed by atoms with Crippen molar-refractivity contribution in [2.45, 2.75) is 44.5 Å². The zero-order chi connectivity index (χ0) is 23.9. The van der Waals surface area contributed by atoms with Crippen LogP contribution in [-0.2, 0) is 22.7 Å². The van der Waals surface area contributed by atoms with Gasteiger partial charge in [0.1, 0.15) is 17.9 Å². The van der Waals surface area contributed by atoms with Gasteiger partial charge < -0.3 is 9.64 Å². The Morgan fingerprint density at radius 3 is 2.86 bits per heavy atom. The smallest absolute Gasteiger partial charge is 0.255 e. The van der Waals surface area contributed by atoms with Gasteiger partial charge in [-0.2, -0.15) is 0 Å². The quantitative estimate of drug-likeness (QED) is 0.577. The number of ether oxygens (including phenoxy) is 1. The van der Waals surface area contributed by atoms with Crippen molar-refractivity contribution in [2.24, 2.45) is 0 Å². The third-order valence-electron chi connectivity index (χ3n) is 7.10. The van der Waals surface area contributed by atoms with Crippen LogP contribution >= 0.6 is 0 Å². The van der Waals surface area contributed by atoms with E-state index in [1.807, 2.05) is 24.4 Å². The van der Waals surface area contributed by atoms with E-state index in [0.29, 0.717) is 18.5 Å². The molecule has 3 aliphatic rings. The maximum Gasteiger partial charge on any atom is 0.255 e. The molecule has 3 aromatic rings. The van der Waals surface area contributed by atoms with Crippen molar-refractivity contribution < 1.29 is 19.1 Å². The maximum absolute atomic E-state index is 12.9. The van der Waals surface area contributed by atoms with Crippen molar-refractivity contribution in [3.8, 4) is 5.75 Å². The van der Waals surface area contributed by atoms with E-state index in [2.05, 4.69) is 39.5 Å². The molecule has 0 aliphatic carbocycles. The standard InChI is InChI=1S/C27H26N4O4/c32-25-8-7-24(26(33)29-25)31-15-19-13-20(5-6-22(19)27(31)34)35-21-9-11-30(16-21)14-17-3-4-18-2-1-10-28-23(18)12-17/h1-6,10,12-13,21,24H,7-9,11,14-16H2,(H,29,32,33)/t21-,24?/m0/s1. The number of pyridine rings is 1. The predicted octanol–water partition coefficient (Wildman–Crippen LogP) is 2.65. The van der Waals surface area contributed by atoms with Gasteiger partial charge in [-0.15, -0.1) is 0 Å². The van der Waals surface area contributed by atoms with E-state index in [-0.39, 0.29) is 24.3 Å². The van der Waals surface area contributed by atoms with Gasteiger partial charge in [0.05, 0.1) is 5.52 Å². The summed E-state index contributed by atoms with van der Waals surface area (Å²) < 4.78 is 6.28. The molecular weight excluding hydrogens is 444 g/mol. The van der Waals surface area contributed by atoms with E-state index in [9.17, 15) is 14.4 Å². The second-order valence-electron chi connectivity index (χ2n) is 9.51. The number of fused-ring (bicyclic) bond motifs is 2. The average molecular weight is 471 g/mol. The van der Waals surface area contributed by atoms with Crippen LogP contribution < -0.4 is 10.1 Å². The Morgan fingerprint density at radius 1 is 1.06 bits per heavy atom. The molecule has 35 heavy (non-hydrogen) atoms. The first-order chi connectivity index (χ1) is 17.0. The van der Waals surface area contributed by atoms with E-state index in [1.54, 1.807) is 11.0 Å². The van der Waals surface area contributed by atoms with Gasteiger partial charge in [-0.1, -0.05) is 18.2 Å². The molecule has 6 rings (SSSR count). The lowest BCUT2D eigenvalue weighted by Gasteiger charge is -2.29. The monoisotopic (exact) mass is 470 g/mol. The van der Waals surface area contributed by atoms with Gasteiger partial charge in [-0.3, -0.25) is 29.6 Å². The molecule has 8 heteroatoms. The van der Waals surface area contributed by atoms with Gasteiger partial charge in [-0.25, -0.2) is 0 Å². The molecular formula is C27H26N4O4. The van der Waals surface area contributed by atoms with Crippen molar-refractivity contribution in [1.82, 2.24) is 20.1 Å². The Balaban J connectivity index is 1.08. The second kappa shape index (κ2) is 8.78. The summed E-state index contributed by atoms with van der Waals surface area (Å²) in [4.78, 5) is 45.0. The number of likely N-dealkylation sites (tertiary alicyclic amines) is 1. The summed E-state index contributed by atoms with van der Waals surface area (Å²) in [6, 6.07) is 15.4. The van der Waals surface area contributed by atoms with Crippen LogP contribution in [-0.4, -0.2) is 57.7 Å². The number of rotatable bonds is 5. The molecule has 1 aromatic heterocycles. The summed E-state index contributed by atoms with van der Waals surface area (Å²) in [7, 11) is 0. The Labute approximate surface area is 202 Å². The van der Waals surface area contributed by atoms with E-state index < -0.39 is 11.9 Å². The SMILES string of the molecule is O=C1CCC(N2Cc3cc(O[C@H]4CCN(Cc5ccc6cccnc6c5)C4)ccc3C2=O)C(=O)N1. The molecule has 4 heterocycles. The van der Waals surface area contributed by atoms with Crippen LogP contribution in [0.5, 0.6) is 5.75 Å². The fourth-order valence-corrected chi connectivity index (χ4v) is 5.32. The van der Waals surface area contributed by atoms with Crippen molar-refractivity contribution in [3.05, 3.63) is 71.4 Å². The molecule has 0 saturated carbocycles. The summed E-state index contributed by atoms with van der Waals surface area (Å²) in [5, 5.41) is 3.48. The Hall–Kier alpha value is -3.78. The topological polar surface area (TPSA) is 91.8 Å². The van der Waals surface area contributed by atoms with Crippen LogP contribution in [0.15, 0.2) is 54.7 Å². The molecule has 0 bridgehead atoms. The van der Waals surface area contributed by atoms with Gasteiger partial charge in [0.15, 0.2) is 0 Å². The third kappa shape index (κ3) is 4.25. The number of nitrogens with zero attached hydrogens (tertiary/aromatic N) is 3. The first-order valence-electron chi connectivity index (χ1n) is 12.0. The summed E-state index contributed by atoms with van der Waals surface area (Å²) >= 11 is 0. The molecule has 2 atom stereocenters. The predicted molar refractivity (Wildman–Crippen MR) is 129 cm³/mol. The van der Waals surface area contributed by atoms with E-state index in [4.69, 9.17) is 4.74 Å². The lowest BCUT2D eigenvalue weighted by Crippen LogP contribution is -2.52. The summed E-state index contributed by atoms with van der Waals surface area (Å²) in [5.74, 6) is -0.109. The zero-order valence-electron chi connectivity index (χ0n) is 19.3. The van der Waals surface area contributed by atoms with Crippen molar-refractivity contribution >= 4 is 28.6 Å². The van der Waals surface area contributed by atoms with Crippen LogP contribution in [0.4, 0.5) is 0 Å². The highest BCUT2D eigenvalue weighted by Gasteiger charge is 2.39.